The van der Waals surface area contributed by atoms with E-state index in [-0.39, 0.29) is 11.9 Å². The van der Waals surface area contributed by atoms with Gasteiger partial charge in [-0.05, 0) is 24.8 Å². The number of benzene rings is 1. The number of carbonyl (C=O) groups is 1. The summed E-state index contributed by atoms with van der Waals surface area (Å²) in [5.41, 5.74) is 0.721. The highest BCUT2D eigenvalue weighted by Gasteiger charge is 2.13. The molecule has 1 rings (SSSR count). The molecule has 0 fully saturated rings. The molecule has 0 saturated heterocycles. The molecule has 0 bridgehead atoms. The van der Waals surface area contributed by atoms with Crippen LogP contribution in [0.15, 0.2) is 29.2 Å². The van der Waals surface area contributed by atoms with Crippen LogP contribution >= 0.6 is 23.4 Å². The number of carbonyl (C=O) groups excluding carboxylic acids is 1. The molecule has 88 valence electrons. The zero-order valence-electron chi connectivity index (χ0n) is 9.50. The number of hydrogen-bond acceptors (Lipinski definition) is 2. The number of nitrogens with one attached hydrogen (secondary N) is 1. The fraction of sp³-hybridized carbons (Fsp3) is 0.417. The highest BCUT2D eigenvalue weighted by molar-refractivity contribution is 7.98. The number of rotatable bonds is 5. The molecule has 0 aliphatic carbocycles. The van der Waals surface area contributed by atoms with Crippen molar-refractivity contribution in [1.29, 1.82) is 0 Å². The van der Waals surface area contributed by atoms with E-state index in [4.69, 9.17) is 11.6 Å². The van der Waals surface area contributed by atoms with Crippen LogP contribution in [0.4, 0.5) is 0 Å². The van der Waals surface area contributed by atoms with Gasteiger partial charge >= 0.3 is 0 Å². The van der Waals surface area contributed by atoms with E-state index in [0.717, 1.165) is 16.9 Å². The van der Waals surface area contributed by atoms with E-state index in [1.54, 1.807) is 11.8 Å². The Morgan fingerprint density at radius 1 is 1.50 bits per heavy atom. The van der Waals surface area contributed by atoms with Gasteiger partial charge in [-0.15, -0.1) is 23.4 Å². The molecule has 4 heteroatoms. The fourth-order valence-electron chi connectivity index (χ4n) is 1.35. The summed E-state index contributed by atoms with van der Waals surface area (Å²) in [5, 5.41) is 2.92. The van der Waals surface area contributed by atoms with E-state index >= 15 is 0 Å². The molecule has 1 atom stereocenters. The first-order valence-corrected chi connectivity index (χ1v) is 6.98. The second-order valence-corrected chi connectivity index (χ2v) is 4.59. The van der Waals surface area contributed by atoms with Gasteiger partial charge in [-0.1, -0.05) is 19.1 Å². The molecule has 0 aliphatic rings. The second kappa shape index (κ2) is 6.81. The zero-order chi connectivity index (χ0) is 12.0. The van der Waals surface area contributed by atoms with Crippen molar-refractivity contribution in [1.82, 2.24) is 5.32 Å². The van der Waals surface area contributed by atoms with Crippen LogP contribution in [0.25, 0.3) is 0 Å². The summed E-state index contributed by atoms with van der Waals surface area (Å²) in [6.45, 7) is 2.01. The van der Waals surface area contributed by atoms with Crippen molar-refractivity contribution in [3.63, 3.8) is 0 Å². The SMILES string of the molecule is CCC(CCl)NC(=O)c1ccccc1SC. The summed E-state index contributed by atoms with van der Waals surface area (Å²) in [5.74, 6) is 0.404. The molecule has 0 saturated carbocycles. The normalized spacial score (nSPS) is 12.2. The van der Waals surface area contributed by atoms with Crippen LogP contribution < -0.4 is 5.32 Å². The molecule has 1 amide bonds. The van der Waals surface area contributed by atoms with Crippen LogP contribution in [0.2, 0.25) is 0 Å². The second-order valence-electron chi connectivity index (χ2n) is 3.43. The molecule has 0 heterocycles. The molecule has 16 heavy (non-hydrogen) atoms. The largest absolute Gasteiger partial charge is 0.348 e. The third-order valence-corrected chi connectivity index (χ3v) is 3.53. The van der Waals surface area contributed by atoms with Crippen LogP contribution in [-0.4, -0.2) is 24.1 Å². The molecular weight excluding hydrogens is 242 g/mol. The Balaban J connectivity index is 2.79. The van der Waals surface area contributed by atoms with Crippen LogP contribution in [0.5, 0.6) is 0 Å². The Morgan fingerprint density at radius 3 is 2.75 bits per heavy atom. The molecule has 1 aromatic carbocycles. The third kappa shape index (κ3) is 3.42. The Hall–Kier alpha value is -0.670. The number of hydrogen-bond donors (Lipinski definition) is 1. The smallest absolute Gasteiger partial charge is 0.252 e. The monoisotopic (exact) mass is 257 g/mol. The van der Waals surface area contributed by atoms with Crippen molar-refractivity contribution in [3.8, 4) is 0 Å². The summed E-state index contributed by atoms with van der Waals surface area (Å²) in [4.78, 5) is 13.0. The first kappa shape index (κ1) is 13.4. The van der Waals surface area contributed by atoms with Gasteiger partial charge in [-0.2, -0.15) is 0 Å². The summed E-state index contributed by atoms with van der Waals surface area (Å²) < 4.78 is 0. The van der Waals surface area contributed by atoms with E-state index in [1.165, 1.54) is 0 Å². The van der Waals surface area contributed by atoms with Crippen molar-refractivity contribution in [2.75, 3.05) is 12.1 Å². The van der Waals surface area contributed by atoms with Crippen LogP contribution in [0, 0.1) is 0 Å². The fourth-order valence-corrected chi connectivity index (χ4v) is 2.24. The van der Waals surface area contributed by atoms with Crippen molar-refractivity contribution >= 4 is 29.3 Å². The molecule has 1 unspecified atom stereocenters. The quantitative estimate of drug-likeness (QED) is 0.649. The lowest BCUT2D eigenvalue weighted by atomic mass is 10.2. The lowest BCUT2D eigenvalue weighted by Gasteiger charge is -2.14. The van der Waals surface area contributed by atoms with Crippen molar-refractivity contribution in [2.24, 2.45) is 0 Å². The molecule has 0 aromatic heterocycles. The minimum absolute atomic E-state index is 0.0440. The predicted octanol–water partition coefficient (Wildman–Crippen LogP) is 3.16. The Morgan fingerprint density at radius 2 is 2.19 bits per heavy atom. The van der Waals surface area contributed by atoms with Gasteiger partial charge < -0.3 is 5.32 Å². The van der Waals surface area contributed by atoms with Gasteiger partial charge in [0.1, 0.15) is 0 Å². The molecule has 0 spiro atoms. The molecule has 1 N–H and O–H groups in total. The maximum Gasteiger partial charge on any atom is 0.252 e. The Bertz CT molecular complexity index is 353. The van der Waals surface area contributed by atoms with Crippen LogP contribution in [0.3, 0.4) is 0 Å². The summed E-state index contributed by atoms with van der Waals surface area (Å²) in [7, 11) is 0. The number of alkyl halides is 1. The standard InChI is InChI=1S/C12H16ClNOS/c1-3-9(8-13)14-12(15)10-6-4-5-7-11(10)16-2/h4-7,9H,3,8H2,1-2H3,(H,14,15). The van der Waals surface area contributed by atoms with Crippen molar-refractivity contribution in [3.05, 3.63) is 29.8 Å². The molecule has 2 nitrogen and oxygen atoms in total. The lowest BCUT2D eigenvalue weighted by molar-refractivity contribution is 0.0937. The van der Waals surface area contributed by atoms with Crippen LogP contribution in [0.1, 0.15) is 23.7 Å². The minimum atomic E-state index is -0.0440. The topological polar surface area (TPSA) is 29.1 Å². The van der Waals surface area contributed by atoms with E-state index in [9.17, 15) is 4.79 Å². The van der Waals surface area contributed by atoms with Gasteiger partial charge in [0, 0.05) is 16.8 Å². The average molecular weight is 258 g/mol. The van der Waals surface area contributed by atoms with Gasteiger partial charge in [-0.3, -0.25) is 4.79 Å². The Kier molecular flexibility index (Phi) is 5.71. The molecule has 0 aliphatic heterocycles. The Labute approximate surface area is 106 Å². The highest BCUT2D eigenvalue weighted by Crippen LogP contribution is 2.19. The van der Waals surface area contributed by atoms with E-state index in [2.05, 4.69) is 5.32 Å². The van der Waals surface area contributed by atoms with Gasteiger partial charge in [0.05, 0.1) is 5.56 Å². The van der Waals surface area contributed by atoms with E-state index in [1.807, 2.05) is 37.4 Å². The van der Waals surface area contributed by atoms with Gasteiger partial charge in [-0.25, -0.2) is 0 Å². The summed E-state index contributed by atoms with van der Waals surface area (Å²) >= 11 is 7.33. The first-order chi connectivity index (χ1) is 7.72. The predicted molar refractivity (Wildman–Crippen MR) is 70.5 cm³/mol. The van der Waals surface area contributed by atoms with Crippen LogP contribution in [-0.2, 0) is 0 Å². The van der Waals surface area contributed by atoms with Crippen molar-refractivity contribution in [2.45, 2.75) is 24.3 Å². The first-order valence-electron chi connectivity index (χ1n) is 5.22. The van der Waals surface area contributed by atoms with E-state index < -0.39 is 0 Å². The third-order valence-electron chi connectivity index (χ3n) is 2.37. The number of halogens is 1. The average Bonchev–Trinajstić information content (AvgIpc) is 2.35. The highest BCUT2D eigenvalue weighted by atomic mass is 35.5. The minimum Gasteiger partial charge on any atom is -0.348 e. The zero-order valence-corrected chi connectivity index (χ0v) is 11.1. The summed E-state index contributed by atoms with van der Waals surface area (Å²) in [6.07, 6.45) is 2.81. The van der Waals surface area contributed by atoms with Gasteiger partial charge in [0.15, 0.2) is 0 Å². The maximum absolute atomic E-state index is 12.0. The van der Waals surface area contributed by atoms with Crippen molar-refractivity contribution < 1.29 is 4.79 Å². The van der Waals surface area contributed by atoms with E-state index in [0.29, 0.717) is 5.88 Å². The molecule has 0 radical (unpaired) electrons. The van der Waals surface area contributed by atoms with Gasteiger partial charge in [0.25, 0.3) is 5.91 Å². The number of amides is 1. The molecule has 1 aromatic rings. The maximum atomic E-state index is 12.0. The number of thioether (sulfide) groups is 1. The molecular formula is C12H16ClNOS. The summed E-state index contributed by atoms with van der Waals surface area (Å²) in [6, 6.07) is 7.63. The van der Waals surface area contributed by atoms with Gasteiger partial charge in [0.2, 0.25) is 0 Å². The lowest BCUT2D eigenvalue weighted by Crippen LogP contribution is -2.35.